The minimum atomic E-state index is 0.0745. The van der Waals surface area contributed by atoms with Crippen LogP contribution in [0.1, 0.15) is 33.1 Å². The summed E-state index contributed by atoms with van der Waals surface area (Å²) in [5, 5.41) is 3.10. The van der Waals surface area contributed by atoms with Crippen LogP contribution >= 0.6 is 0 Å². The topological polar surface area (TPSA) is 50.8 Å². The number of hydrogen-bond acceptors (Lipinski definition) is 3. The van der Waals surface area contributed by atoms with Crippen LogP contribution in [0.25, 0.3) is 0 Å². The van der Waals surface area contributed by atoms with Crippen LogP contribution in [0.3, 0.4) is 0 Å². The zero-order chi connectivity index (χ0) is 14.4. The summed E-state index contributed by atoms with van der Waals surface area (Å²) in [6, 6.07) is 0.295. The lowest BCUT2D eigenvalue weighted by molar-refractivity contribution is 0.00487. The molecule has 2 amide bonds. The molecule has 0 saturated carbocycles. The Kier molecular flexibility index (Phi) is 6.10. The van der Waals surface area contributed by atoms with Gasteiger partial charge in [0.2, 0.25) is 0 Å². The first-order valence-corrected chi connectivity index (χ1v) is 7.86. The van der Waals surface area contributed by atoms with E-state index in [-0.39, 0.29) is 12.1 Å². The molecule has 2 saturated heterocycles. The summed E-state index contributed by atoms with van der Waals surface area (Å²) in [4.78, 5) is 14.3. The number of ether oxygens (including phenoxy) is 2. The van der Waals surface area contributed by atoms with E-state index in [9.17, 15) is 4.79 Å². The van der Waals surface area contributed by atoms with Crippen molar-refractivity contribution in [2.45, 2.75) is 39.2 Å². The largest absolute Gasteiger partial charge is 0.381 e. The molecule has 5 nitrogen and oxygen atoms in total. The van der Waals surface area contributed by atoms with E-state index in [0.29, 0.717) is 31.6 Å². The third kappa shape index (κ3) is 4.63. The van der Waals surface area contributed by atoms with Crippen LogP contribution in [0.15, 0.2) is 0 Å². The van der Waals surface area contributed by atoms with Crippen molar-refractivity contribution in [3.8, 4) is 0 Å². The minimum Gasteiger partial charge on any atom is -0.381 e. The zero-order valence-corrected chi connectivity index (χ0v) is 12.8. The Morgan fingerprint density at radius 1 is 1.25 bits per heavy atom. The lowest BCUT2D eigenvalue weighted by Gasteiger charge is -2.37. The Balaban J connectivity index is 1.79. The fourth-order valence-electron chi connectivity index (χ4n) is 2.95. The second-order valence-corrected chi connectivity index (χ2v) is 6.29. The van der Waals surface area contributed by atoms with E-state index in [2.05, 4.69) is 19.2 Å². The monoisotopic (exact) mass is 284 g/mol. The van der Waals surface area contributed by atoms with Gasteiger partial charge in [0.1, 0.15) is 0 Å². The van der Waals surface area contributed by atoms with Gasteiger partial charge in [0.15, 0.2) is 0 Å². The number of nitrogens with zero attached hydrogens (tertiary/aromatic N) is 1. The van der Waals surface area contributed by atoms with Gasteiger partial charge in [0, 0.05) is 26.3 Å². The summed E-state index contributed by atoms with van der Waals surface area (Å²) < 4.78 is 10.9. The third-order valence-electron chi connectivity index (χ3n) is 4.11. The molecule has 20 heavy (non-hydrogen) atoms. The van der Waals surface area contributed by atoms with Gasteiger partial charge in [-0.05, 0) is 31.1 Å². The van der Waals surface area contributed by atoms with Crippen LogP contribution in [0.2, 0.25) is 0 Å². The molecular weight excluding hydrogens is 256 g/mol. The molecule has 2 aliphatic rings. The van der Waals surface area contributed by atoms with E-state index < -0.39 is 0 Å². The van der Waals surface area contributed by atoms with Crippen molar-refractivity contribution in [3.05, 3.63) is 0 Å². The molecule has 2 aliphatic heterocycles. The molecule has 0 aromatic carbocycles. The molecule has 0 spiro atoms. The lowest BCUT2D eigenvalue weighted by Crippen LogP contribution is -2.53. The standard InChI is InChI=1S/C15H28N2O3/c1-12(2)9-14-11-20-8-5-17(14)15(18)16-10-13-3-6-19-7-4-13/h12-14H,3-11H2,1-2H3,(H,16,18). The number of amides is 2. The molecule has 1 N–H and O–H groups in total. The van der Waals surface area contributed by atoms with Gasteiger partial charge in [-0.2, -0.15) is 0 Å². The predicted octanol–water partition coefficient (Wildman–Crippen LogP) is 1.87. The van der Waals surface area contributed by atoms with Crippen LogP contribution < -0.4 is 5.32 Å². The molecule has 5 heteroatoms. The summed E-state index contributed by atoms with van der Waals surface area (Å²) in [6.45, 7) is 8.83. The van der Waals surface area contributed by atoms with Crippen molar-refractivity contribution in [1.82, 2.24) is 10.2 Å². The van der Waals surface area contributed by atoms with Crippen molar-refractivity contribution in [2.24, 2.45) is 11.8 Å². The predicted molar refractivity (Wildman–Crippen MR) is 77.7 cm³/mol. The van der Waals surface area contributed by atoms with Gasteiger partial charge >= 0.3 is 6.03 Å². The van der Waals surface area contributed by atoms with Crippen molar-refractivity contribution >= 4 is 6.03 Å². The smallest absolute Gasteiger partial charge is 0.317 e. The van der Waals surface area contributed by atoms with Crippen LogP contribution in [-0.4, -0.2) is 56.5 Å². The van der Waals surface area contributed by atoms with Crippen molar-refractivity contribution in [3.63, 3.8) is 0 Å². The summed E-state index contributed by atoms with van der Waals surface area (Å²) in [5.74, 6) is 1.14. The van der Waals surface area contributed by atoms with Gasteiger partial charge in [-0.1, -0.05) is 13.8 Å². The highest BCUT2D eigenvalue weighted by molar-refractivity contribution is 5.74. The second kappa shape index (κ2) is 7.84. The molecule has 0 aromatic heterocycles. The van der Waals surface area contributed by atoms with Gasteiger partial charge in [-0.25, -0.2) is 4.79 Å². The van der Waals surface area contributed by atoms with E-state index in [1.54, 1.807) is 0 Å². The molecular formula is C15H28N2O3. The van der Waals surface area contributed by atoms with Crippen LogP contribution in [0, 0.1) is 11.8 Å². The Bertz CT molecular complexity index is 303. The summed E-state index contributed by atoms with van der Waals surface area (Å²) >= 11 is 0. The van der Waals surface area contributed by atoms with E-state index in [1.807, 2.05) is 4.90 Å². The highest BCUT2D eigenvalue weighted by atomic mass is 16.5. The highest BCUT2D eigenvalue weighted by Crippen LogP contribution is 2.17. The van der Waals surface area contributed by atoms with Crippen LogP contribution in [0.5, 0.6) is 0 Å². The molecule has 2 fully saturated rings. The molecule has 1 atom stereocenters. The molecule has 0 bridgehead atoms. The van der Waals surface area contributed by atoms with Crippen molar-refractivity contribution in [1.29, 1.82) is 0 Å². The molecule has 0 aromatic rings. The van der Waals surface area contributed by atoms with Gasteiger partial charge in [-0.3, -0.25) is 0 Å². The van der Waals surface area contributed by atoms with E-state index >= 15 is 0 Å². The van der Waals surface area contributed by atoms with Crippen molar-refractivity contribution in [2.75, 3.05) is 39.5 Å². The Hall–Kier alpha value is -0.810. The molecule has 2 rings (SSSR count). The lowest BCUT2D eigenvalue weighted by atomic mass is 10.0. The zero-order valence-electron chi connectivity index (χ0n) is 12.8. The maximum Gasteiger partial charge on any atom is 0.317 e. The maximum atomic E-state index is 12.4. The first-order chi connectivity index (χ1) is 9.66. The number of morpholine rings is 1. The normalized spacial score (nSPS) is 24.9. The van der Waals surface area contributed by atoms with Gasteiger partial charge < -0.3 is 19.7 Å². The van der Waals surface area contributed by atoms with E-state index in [0.717, 1.165) is 39.0 Å². The number of nitrogens with one attached hydrogen (secondary N) is 1. The average Bonchev–Trinajstić information content (AvgIpc) is 2.46. The quantitative estimate of drug-likeness (QED) is 0.857. The summed E-state index contributed by atoms with van der Waals surface area (Å²) in [7, 11) is 0. The van der Waals surface area contributed by atoms with Gasteiger partial charge in [0.05, 0.1) is 19.3 Å². The average molecular weight is 284 g/mol. The first kappa shape index (κ1) is 15.6. The minimum absolute atomic E-state index is 0.0745. The number of hydrogen-bond donors (Lipinski definition) is 1. The Morgan fingerprint density at radius 3 is 2.70 bits per heavy atom. The van der Waals surface area contributed by atoms with Crippen LogP contribution in [0.4, 0.5) is 4.79 Å². The van der Waals surface area contributed by atoms with Crippen molar-refractivity contribution < 1.29 is 14.3 Å². The molecule has 0 aliphatic carbocycles. The molecule has 0 radical (unpaired) electrons. The molecule has 2 heterocycles. The summed E-state index contributed by atoms with van der Waals surface area (Å²) in [5.41, 5.74) is 0. The SMILES string of the molecule is CC(C)CC1COCCN1C(=O)NCC1CCOCC1. The van der Waals surface area contributed by atoms with E-state index in [4.69, 9.17) is 9.47 Å². The Labute approximate surface area is 122 Å². The van der Waals surface area contributed by atoms with Crippen LogP contribution in [-0.2, 0) is 9.47 Å². The number of rotatable bonds is 4. The third-order valence-corrected chi connectivity index (χ3v) is 4.11. The summed E-state index contributed by atoms with van der Waals surface area (Å²) in [6.07, 6.45) is 3.11. The second-order valence-electron chi connectivity index (χ2n) is 6.29. The number of carbonyl (C=O) groups is 1. The first-order valence-electron chi connectivity index (χ1n) is 7.86. The highest BCUT2D eigenvalue weighted by Gasteiger charge is 2.28. The maximum absolute atomic E-state index is 12.4. The molecule has 116 valence electrons. The Morgan fingerprint density at radius 2 is 2.00 bits per heavy atom. The van der Waals surface area contributed by atoms with Gasteiger partial charge in [-0.15, -0.1) is 0 Å². The van der Waals surface area contributed by atoms with E-state index in [1.165, 1.54) is 0 Å². The van der Waals surface area contributed by atoms with Gasteiger partial charge in [0.25, 0.3) is 0 Å². The number of urea groups is 1. The fourth-order valence-corrected chi connectivity index (χ4v) is 2.95. The molecule has 1 unspecified atom stereocenters. The number of carbonyl (C=O) groups excluding carboxylic acids is 1. The fraction of sp³-hybridized carbons (Fsp3) is 0.933.